The third-order valence-corrected chi connectivity index (χ3v) is 5.17. The Labute approximate surface area is 166 Å². The maximum atomic E-state index is 12.7. The van der Waals surface area contributed by atoms with E-state index in [1.165, 1.54) is 5.57 Å². The largest absolute Gasteiger partial charge is 0.457 e. The van der Waals surface area contributed by atoms with Gasteiger partial charge in [-0.25, -0.2) is 0 Å². The van der Waals surface area contributed by atoms with Crippen LogP contribution in [0.4, 0.5) is 0 Å². The number of ether oxygens (including phenoxy) is 2. The van der Waals surface area contributed by atoms with Crippen LogP contribution in [0.15, 0.2) is 66.2 Å². The Morgan fingerprint density at radius 3 is 2.43 bits per heavy atom. The minimum atomic E-state index is -0.962. The second kappa shape index (κ2) is 7.90. The molecule has 4 nitrogen and oxygen atoms in total. The van der Waals surface area contributed by atoms with Crippen molar-refractivity contribution >= 4 is 5.97 Å². The monoisotopic (exact) mass is 375 g/mol. The third-order valence-electron chi connectivity index (χ3n) is 5.17. The van der Waals surface area contributed by atoms with Gasteiger partial charge in [0.2, 0.25) is 6.10 Å². The van der Waals surface area contributed by atoms with Crippen LogP contribution in [-0.4, -0.2) is 5.97 Å². The van der Waals surface area contributed by atoms with Crippen LogP contribution in [0.25, 0.3) is 0 Å². The van der Waals surface area contributed by atoms with Crippen LogP contribution in [0.3, 0.4) is 0 Å². The van der Waals surface area contributed by atoms with E-state index in [9.17, 15) is 10.1 Å². The van der Waals surface area contributed by atoms with Gasteiger partial charge in [-0.3, -0.25) is 4.79 Å². The molecule has 4 heteroatoms. The summed E-state index contributed by atoms with van der Waals surface area (Å²) in [6.45, 7) is 8.15. The van der Waals surface area contributed by atoms with Gasteiger partial charge in [0.1, 0.15) is 17.6 Å². The normalized spacial score (nSPS) is 20.4. The van der Waals surface area contributed by atoms with Crippen LogP contribution in [0.1, 0.15) is 39.4 Å². The number of benzene rings is 2. The average Bonchev–Trinajstić information content (AvgIpc) is 3.20. The molecule has 0 aromatic heterocycles. The molecule has 2 aromatic rings. The maximum Gasteiger partial charge on any atom is 0.311 e. The van der Waals surface area contributed by atoms with Crippen molar-refractivity contribution in [2.45, 2.75) is 33.8 Å². The van der Waals surface area contributed by atoms with Gasteiger partial charge >= 0.3 is 5.97 Å². The first kappa shape index (κ1) is 19.7. The summed E-state index contributed by atoms with van der Waals surface area (Å²) in [4.78, 5) is 12.7. The standard InChI is InChI=1S/C24H25NO3/c1-16(2)13-20-22(24(20,3)4)23(26)28-21(15-25)17-9-8-12-19(14-17)27-18-10-6-5-7-11-18/h5-14,20-22H,1-4H3/t20-,21?,22+/m1/s1. The Bertz CT molecular complexity index is 920. The molecule has 2 aromatic carbocycles. The molecule has 0 heterocycles. The summed E-state index contributed by atoms with van der Waals surface area (Å²) in [6.07, 6.45) is 1.15. The molecule has 0 saturated heterocycles. The van der Waals surface area contributed by atoms with E-state index in [1.54, 1.807) is 18.2 Å². The fraction of sp³-hybridized carbons (Fsp3) is 0.333. The van der Waals surface area contributed by atoms with E-state index in [4.69, 9.17) is 9.47 Å². The summed E-state index contributed by atoms with van der Waals surface area (Å²) in [5, 5.41) is 9.57. The summed E-state index contributed by atoms with van der Waals surface area (Å²) in [7, 11) is 0. The predicted molar refractivity (Wildman–Crippen MR) is 108 cm³/mol. The SMILES string of the molecule is CC(C)=C[C@@H]1[C@@H](C(=O)OC(C#N)c2cccc(Oc3ccccc3)c2)C1(C)C. The number of carbonyl (C=O) groups excluding carboxylic acids is 1. The van der Waals surface area contributed by atoms with Crippen molar-refractivity contribution in [2.75, 3.05) is 0 Å². The van der Waals surface area contributed by atoms with Gasteiger partial charge < -0.3 is 9.47 Å². The molecule has 0 bridgehead atoms. The van der Waals surface area contributed by atoms with Crippen LogP contribution in [0, 0.1) is 28.6 Å². The smallest absolute Gasteiger partial charge is 0.311 e. The van der Waals surface area contributed by atoms with E-state index >= 15 is 0 Å². The molecule has 0 N–H and O–H groups in total. The van der Waals surface area contributed by atoms with Gasteiger partial charge in [0.05, 0.1) is 5.92 Å². The Kier molecular flexibility index (Phi) is 5.56. The van der Waals surface area contributed by atoms with Gasteiger partial charge in [0.25, 0.3) is 0 Å². The fourth-order valence-corrected chi connectivity index (χ4v) is 3.52. The third kappa shape index (κ3) is 4.26. The highest BCUT2D eigenvalue weighted by atomic mass is 16.5. The summed E-state index contributed by atoms with van der Waals surface area (Å²) < 4.78 is 11.4. The van der Waals surface area contributed by atoms with Gasteiger partial charge in [-0.05, 0) is 49.4 Å². The summed E-state index contributed by atoms with van der Waals surface area (Å²) >= 11 is 0. The zero-order chi connectivity index (χ0) is 20.3. The van der Waals surface area contributed by atoms with Crippen LogP contribution in [0.2, 0.25) is 0 Å². The van der Waals surface area contributed by atoms with E-state index < -0.39 is 6.10 Å². The highest BCUT2D eigenvalue weighted by Gasteiger charge is 2.61. The summed E-state index contributed by atoms with van der Waals surface area (Å²) in [5.74, 6) is 0.899. The second-order valence-corrected chi connectivity index (χ2v) is 8.00. The van der Waals surface area contributed by atoms with Gasteiger partial charge in [-0.2, -0.15) is 5.26 Å². The predicted octanol–water partition coefficient (Wildman–Crippen LogP) is 5.83. The number of carbonyl (C=O) groups is 1. The first-order valence-corrected chi connectivity index (χ1v) is 9.41. The molecule has 1 fully saturated rings. The molecule has 3 atom stereocenters. The van der Waals surface area contributed by atoms with Gasteiger partial charge in [0, 0.05) is 5.56 Å². The van der Waals surface area contributed by atoms with Crippen molar-refractivity contribution in [2.24, 2.45) is 17.3 Å². The number of nitriles is 1. The zero-order valence-corrected chi connectivity index (χ0v) is 16.7. The molecular formula is C24H25NO3. The lowest BCUT2D eigenvalue weighted by atomic mass is 10.1. The quantitative estimate of drug-likeness (QED) is 0.471. The molecule has 0 amide bonds. The minimum absolute atomic E-state index is 0.146. The highest BCUT2D eigenvalue weighted by Crippen LogP contribution is 2.60. The number of esters is 1. The molecule has 28 heavy (non-hydrogen) atoms. The molecule has 144 valence electrons. The maximum absolute atomic E-state index is 12.7. The van der Waals surface area contributed by atoms with Gasteiger partial charge in [0.15, 0.2) is 0 Å². The number of hydrogen-bond donors (Lipinski definition) is 0. The van der Waals surface area contributed by atoms with Crippen molar-refractivity contribution in [3.05, 3.63) is 71.8 Å². The molecular weight excluding hydrogens is 350 g/mol. The van der Waals surface area contributed by atoms with Crippen molar-refractivity contribution < 1.29 is 14.3 Å². The lowest BCUT2D eigenvalue weighted by molar-refractivity contribution is -0.149. The molecule has 0 radical (unpaired) electrons. The van der Waals surface area contributed by atoms with Crippen LogP contribution >= 0.6 is 0 Å². The molecule has 0 spiro atoms. The summed E-state index contributed by atoms with van der Waals surface area (Å²) in [6, 6.07) is 18.6. The number of hydrogen-bond acceptors (Lipinski definition) is 4. The second-order valence-electron chi connectivity index (χ2n) is 8.00. The van der Waals surface area contributed by atoms with Crippen molar-refractivity contribution in [3.8, 4) is 17.6 Å². The lowest BCUT2D eigenvalue weighted by Crippen LogP contribution is -2.14. The highest BCUT2D eigenvalue weighted by molar-refractivity contribution is 5.78. The zero-order valence-electron chi connectivity index (χ0n) is 16.7. The Morgan fingerprint density at radius 2 is 1.79 bits per heavy atom. The summed E-state index contributed by atoms with van der Waals surface area (Å²) in [5.41, 5.74) is 1.63. The van der Waals surface area contributed by atoms with E-state index in [0.717, 1.165) is 0 Å². The first-order chi connectivity index (χ1) is 13.3. The number of rotatable bonds is 6. The van der Waals surface area contributed by atoms with E-state index in [2.05, 4.69) is 26.0 Å². The topological polar surface area (TPSA) is 59.3 Å². The minimum Gasteiger partial charge on any atom is -0.457 e. The number of allylic oxidation sites excluding steroid dienone is 2. The number of para-hydroxylation sites is 1. The van der Waals surface area contributed by atoms with Crippen LogP contribution in [0.5, 0.6) is 11.5 Å². The Morgan fingerprint density at radius 1 is 1.11 bits per heavy atom. The fourth-order valence-electron chi connectivity index (χ4n) is 3.52. The molecule has 1 unspecified atom stereocenters. The van der Waals surface area contributed by atoms with Crippen molar-refractivity contribution in [3.63, 3.8) is 0 Å². The van der Waals surface area contributed by atoms with Crippen LogP contribution < -0.4 is 4.74 Å². The Hall–Kier alpha value is -3.06. The molecule has 1 aliphatic carbocycles. The first-order valence-electron chi connectivity index (χ1n) is 9.41. The van der Waals surface area contributed by atoms with Crippen molar-refractivity contribution in [1.82, 2.24) is 0 Å². The Balaban J connectivity index is 1.72. The molecule has 1 aliphatic rings. The number of nitrogens with zero attached hydrogens (tertiary/aromatic N) is 1. The lowest BCUT2D eigenvalue weighted by Gasteiger charge is -2.13. The van der Waals surface area contributed by atoms with Crippen molar-refractivity contribution in [1.29, 1.82) is 5.26 Å². The van der Waals surface area contributed by atoms with Gasteiger partial charge in [-0.1, -0.05) is 55.8 Å². The molecule has 1 saturated carbocycles. The van der Waals surface area contributed by atoms with E-state index in [-0.39, 0.29) is 23.2 Å². The van der Waals surface area contributed by atoms with Gasteiger partial charge in [-0.15, -0.1) is 0 Å². The van der Waals surface area contributed by atoms with Crippen LogP contribution in [-0.2, 0) is 9.53 Å². The molecule has 0 aliphatic heterocycles. The molecule has 3 rings (SSSR count). The van der Waals surface area contributed by atoms with E-state index in [1.807, 2.05) is 50.2 Å². The van der Waals surface area contributed by atoms with E-state index in [0.29, 0.717) is 17.1 Å². The average molecular weight is 375 g/mol.